The van der Waals surface area contributed by atoms with Crippen molar-refractivity contribution in [2.24, 2.45) is 0 Å². The van der Waals surface area contributed by atoms with Crippen molar-refractivity contribution in [2.75, 3.05) is 0 Å². The lowest BCUT2D eigenvalue weighted by atomic mass is 9.87. The molecule has 0 atom stereocenters. The van der Waals surface area contributed by atoms with Crippen LogP contribution in [-0.2, 0) is 10.2 Å². The van der Waals surface area contributed by atoms with E-state index >= 15 is 0 Å². The zero-order chi connectivity index (χ0) is 12.5. The zero-order valence-corrected chi connectivity index (χ0v) is 11.2. The van der Waals surface area contributed by atoms with Crippen LogP contribution in [0.2, 0.25) is 10.0 Å². The first-order valence-electron chi connectivity index (χ1n) is 4.90. The Kier molecular flexibility index (Phi) is 3.87. The van der Waals surface area contributed by atoms with Gasteiger partial charge >= 0.3 is 5.97 Å². The highest BCUT2D eigenvalue weighted by Crippen LogP contribution is 2.38. The van der Waals surface area contributed by atoms with E-state index < -0.39 is 5.97 Å². The Morgan fingerprint density at radius 2 is 1.62 bits per heavy atom. The van der Waals surface area contributed by atoms with Crippen molar-refractivity contribution < 1.29 is 9.53 Å². The molecule has 0 aliphatic heterocycles. The van der Waals surface area contributed by atoms with Crippen molar-refractivity contribution >= 4 is 29.2 Å². The summed E-state index contributed by atoms with van der Waals surface area (Å²) >= 11 is 12.3. The van der Waals surface area contributed by atoms with Crippen molar-refractivity contribution in [1.82, 2.24) is 0 Å². The molecule has 0 amide bonds. The molecule has 0 aliphatic rings. The van der Waals surface area contributed by atoms with Crippen LogP contribution >= 0.6 is 23.2 Å². The molecule has 0 unspecified atom stereocenters. The van der Waals surface area contributed by atoms with Gasteiger partial charge in [0.2, 0.25) is 0 Å². The van der Waals surface area contributed by atoms with Gasteiger partial charge in [0, 0.05) is 17.0 Å². The summed E-state index contributed by atoms with van der Waals surface area (Å²) < 4.78 is 4.94. The van der Waals surface area contributed by atoms with Crippen molar-refractivity contribution in [1.29, 1.82) is 0 Å². The van der Waals surface area contributed by atoms with Crippen LogP contribution in [0.5, 0.6) is 5.75 Å². The maximum atomic E-state index is 10.8. The van der Waals surface area contributed by atoms with E-state index in [0.717, 1.165) is 5.56 Å². The largest absolute Gasteiger partial charge is 0.427 e. The standard InChI is InChI=1S/C12H14Cl2O2/c1-7(15)16-8-5-9(13)11(10(14)6-8)12(2,3)4/h5-6H,1-4H3. The fourth-order valence-corrected chi connectivity index (χ4v) is 2.53. The highest BCUT2D eigenvalue weighted by atomic mass is 35.5. The first-order valence-corrected chi connectivity index (χ1v) is 5.65. The quantitative estimate of drug-likeness (QED) is 0.559. The number of ether oxygens (including phenoxy) is 1. The van der Waals surface area contributed by atoms with Gasteiger partial charge in [0.1, 0.15) is 5.75 Å². The average molecular weight is 261 g/mol. The highest BCUT2D eigenvalue weighted by molar-refractivity contribution is 6.36. The molecule has 88 valence electrons. The molecule has 1 rings (SSSR count). The third-order valence-electron chi connectivity index (χ3n) is 2.03. The molecule has 1 aromatic carbocycles. The van der Waals surface area contributed by atoms with E-state index in [1.807, 2.05) is 20.8 Å². The van der Waals surface area contributed by atoms with Gasteiger partial charge in [0.25, 0.3) is 0 Å². The van der Waals surface area contributed by atoms with E-state index in [0.29, 0.717) is 15.8 Å². The fraction of sp³-hybridized carbons (Fsp3) is 0.417. The van der Waals surface area contributed by atoms with E-state index in [-0.39, 0.29) is 5.41 Å². The van der Waals surface area contributed by atoms with Gasteiger partial charge in [-0.25, -0.2) is 0 Å². The maximum absolute atomic E-state index is 10.8. The first-order chi connectivity index (χ1) is 7.21. The normalized spacial score (nSPS) is 11.4. The Morgan fingerprint density at radius 3 is 1.94 bits per heavy atom. The molecule has 0 bridgehead atoms. The van der Waals surface area contributed by atoms with Crippen LogP contribution in [0, 0.1) is 0 Å². The molecule has 16 heavy (non-hydrogen) atoms. The van der Waals surface area contributed by atoms with Crippen molar-refractivity contribution in [3.05, 3.63) is 27.7 Å². The van der Waals surface area contributed by atoms with Crippen molar-refractivity contribution in [2.45, 2.75) is 33.1 Å². The van der Waals surface area contributed by atoms with Gasteiger partial charge in [0.15, 0.2) is 0 Å². The lowest BCUT2D eigenvalue weighted by Gasteiger charge is -2.22. The first kappa shape index (κ1) is 13.3. The summed E-state index contributed by atoms with van der Waals surface area (Å²) in [6.07, 6.45) is 0. The molecular weight excluding hydrogens is 247 g/mol. The minimum atomic E-state index is -0.393. The van der Waals surface area contributed by atoms with Gasteiger partial charge in [-0.3, -0.25) is 4.79 Å². The van der Waals surface area contributed by atoms with Crippen LogP contribution in [0.15, 0.2) is 12.1 Å². The zero-order valence-electron chi connectivity index (χ0n) is 9.73. The minimum absolute atomic E-state index is 0.150. The highest BCUT2D eigenvalue weighted by Gasteiger charge is 2.22. The summed E-state index contributed by atoms with van der Waals surface area (Å²) in [6, 6.07) is 3.21. The Morgan fingerprint density at radius 1 is 1.19 bits per heavy atom. The summed E-state index contributed by atoms with van der Waals surface area (Å²) in [7, 11) is 0. The second kappa shape index (κ2) is 4.64. The molecule has 4 heteroatoms. The van der Waals surface area contributed by atoms with Crippen LogP contribution in [0.1, 0.15) is 33.3 Å². The summed E-state index contributed by atoms with van der Waals surface area (Å²) in [5.41, 5.74) is 0.704. The summed E-state index contributed by atoms with van der Waals surface area (Å²) in [4.78, 5) is 10.8. The molecular formula is C12H14Cl2O2. The molecule has 1 aromatic rings. The molecule has 0 spiro atoms. The molecule has 0 saturated carbocycles. The second-order valence-corrected chi connectivity index (χ2v) is 5.42. The number of hydrogen-bond acceptors (Lipinski definition) is 2. The Bertz CT molecular complexity index is 397. The van der Waals surface area contributed by atoms with Gasteiger partial charge in [-0.1, -0.05) is 44.0 Å². The molecule has 0 saturated heterocycles. The minimum Gasteiger partial charge on any atom is -0.427 e. The molecule has 2 nitrogen and oxygen atoms in total. The Balaban J connectivity index is 3.23. The van der Waals surface area contributed by atoms with Gasteiger partial charge < -0.3 is 4.74 Å². The molecule has 0 aliphatic carbocycles. The lowest BCUT2D eigenvalue weighted by molar-refractivity contribution is -0.131. The second-order valence-electron chi connectivity index (χ2n) is 4.61. The number of benzene rings is 1. The third-order valence-corrected chi connectivity index (χ3v) is 2.62. The topological polar surface area (TPSA) is 26.3 Å². The van der Waals surface area contributed by atoms with E-state index in [1.165, 1.54) is 6.92 Å². The van der Waals surface area contributed by atoms with E-state index in [2.05, 4.69) is 0 Å². The fourth-order valence-electron chi connectivity index (χ4n) is 1.49. The van der Waals surface area contributed by atoms with Crippen LogP contribution in [-0.4, -0.2) is 5.97 Å². The monoisotopic (exact) mass is 260 g/mol. The van der Waals surface area contributed by atoms with E-state index in [1.54, 1.807) is 12.1 Å². The predicted molar refractivity (Wildman–Crippen MR) is 66.5 cm³/mol. The molecule has 0 radical (unpaired) electrons. The van der Waals surface area contributed by atoms with Gasteiger partial charge in [0.05, 0.1) is 0 Å². The number of hydrogen-bond donors (Lipinski definition) is 0. The van der Waals surface area contributed by atoms with Gasteiger partial charge in [-0.2, -0.15) is 0 Å². The Labute approximate surface area is 106 Å². The number of carbonyl (C=O) groups excluding carboxylic acids is 1. The SMILES string of the molecule is CC(=O)Oc1cc(Cl)c(C(C)(C)C)c(Cl)c1. The summed E-state index contributed by atoms with van der Waals surface area (Å²) in [5.74, 6) is -0.0221. The molecule has 0 aromatic heterocycles. The number of halogens is 2. The van der Waals surface area contributed by atoms with Gasteiger partial charge in [-0.15, -0.1) is 0 Å². The van der Waals surface area contributed by atoms with Crippen LogP contribution < -0.4 is 4.74 Å². The predicted octanol–water partition coefficient (Wildman–Crippen LogP) is 4.22. The van der Waals surface area contributed by atoms with Crippen LogP contribution in [0.3, 0.4) is 0 Å². The van der Waals surface area contributed by atoms with Gasteiger partial charge in [-0.05, 0) is 23.1 Å². The number of esters is 1. The third kappa shape index (κ3) is 3.13. The smallest absolute Gasteiger partial charge is 0.308 e. The number of rotatable bonds is 1. The van der Waals surface area contributed by atoms with Crippen LogP contribution in [0.4, 0.5) is 0 Å². The molecule has 0 N–H and O–H groups in total. The van der Waals surface area contributed by atoms with Crippen LogP contribution in [0.25, 0.3) is 0 Å². The lowest BCUT2D eigenvalue weighted by Crippen LogP contribution is -2.13. The van der Waals surface area contributed by atoms with E-state index in [9.17, 15) is 4.79 Å². The average Bonchev–Trinajstić information content (AvgIpc) is 1.96. The Hall–Kier alpha value is -0.730. The number of carbonyl (C=O) groups is 1. The summed E-state index contributed by atoms with van der Waals surface area (Å²) in [6.45, 7) is 7.39. The summed E-state index contributed by atoms with van der Waals surface area (Å²) in [5, 5.41) is 1.02. The van der Waals surface area contributed by atoms with Crippen molar-refractivity contribution in [3.63, 3.8) is 0 Å². The van der Waals surface area contributed by atoms with E-state index in [4.69, 9.17) is 27.9 Å². The maximum Gasteiger partial charge on any atom is 0.308 e. The molecule has 0 fully saturated rings. The van der Waals surface area contributed by atoms with Crippen molar-refractivity contribution in [3.8, 4) is 5.75 Å². The molecule has 0 heterocycles.